The quantitative estimate of drug-likeness (QED) is 0.100. The molecule has 0 unspecified atom stereocenters. The standard InChI is InChI=1S/4C15H14IO.2C12H24O6.4BF4/c4*1-2-6-13(7-3-1)16-14-8-9-15-12(11-14)5-4-10-17-15;2*1-2-14-5-6-16-9-10-18-12-11-17-8-7-15-4-3-13-1;4*2-1(3,4)5/h4*1-3,6-9,11H,4-5,10H2;2*1-12H2;;;;/q4*+1;;;4*-1. The molecule has 8 aromatic rings. The zero-order valence-electron chi connectivity index (χ0n) is 68.3. The molecule has 0 N–H and O–H groups in total. The van der Waals surface area contributed by atoms with Crippen LogP contribution in [0.2, 0.25) is 0 Å². The molecule has 6 aliphatic heterocycles. The Hall–Kier alpha value is -5.46. The van der Waals surface area contributed by atoms with Crippen molar-refractivity contribution >= 4 is 29.0 Å². The smallest absolute Gasteiger partial charge is 0.493 e. The predicted molar refractivity (Wildman–Crippen MR) is 427 cm³/mol. The second-order valence-electron chi connectivity index (χ2n) is 25.7. The first-order valence-electron chi connectivity index (χ1n) is 39.9. The molecule has 16 nitrogen and oxygen atoms in total. The highest BCUT2D eigenvalue weighted by molar-refractivity contribution is 6.51. The lowest BCUT2D eigenvalue weighted by Crippen LogP contribution is -3.61. The Labute approximate surface area is 756 Å². The fourth-order valence-corrected chi connectivity index (χ4v) is 20.1. The molecule has 0 aromatic heterocycles. The van der Waals surface area contributed by atoms with Gasteiger partial charge in [-0.1, -0.05) is 72.8 Å². The van der Waals surface area contributed by atoms with Gasteiger partial charge in [-0.05, 0) is 195 Å². The van der Waals surface area contributed by atoms with Crippen molar-refractivity contribution in [2.75, 3.05) is 185 Å². The van der Waals surface area contributed by atoms with Crippen molar-refractivity contribution in [3.8, 4) is 23.0 Å². The van der Waals surface area contributed by atoms with Crippen molar-refractivity contribution in [3.05, 3.63) is 245 Å². The van der Waals surface area contributed by atoms with Crippen LogP contribution in [0.1, 0.15) is 47.9 Å². The van der Waals surface area contributed by atoms with Crippen LogP contribution in [0.3, 0.4) is 0 Å². The van der Waals surface area contributed by atoms with E-state index in [4.69, 9.17) is 75.8 Å². The number of rotatable bonds is 8. The average molecular weight is 2220 g/mol. The summed E-state index contributed by atoms with van der Waals surface area (Å²) in [6.45, 7) is 17.6. The molecule has 0 bridgehead atoms. The summed E-state index contributed by atoms with van der Waals surface area (Å²) in [5.74, 6) is 4.38. The van der Waals surface area contributed by atoms with Crippen molar-refractivity contribution in [2.24, 2.45) is 0 Å². The van der Waals surface area contributed by atoms with Crippen LogP contribution in [-0.4, -0.2) is 214 Å². The van der Waals surface area contributed by atoms with Gasteiger partial charge in [-0.25, -0.2) is 0 Å². The van der Waals surface area contributed by atoms with Crippen LogP contribution >= 0.6 is 0 Å². The zero-order valence-corrected chi connectivity index (χ0v) is 77.0. The van der Waals surface area contributed by atoms with Crippen LogP contribution in [0.5, 0.6) is 23.0 Å². The Morgan fingerprint density at radius 3 is 0.444 bits per heavy atom. The number of halogens is 20. The monoisotopic (exact) mass is 2220 g/mol. The van der Waals surface area contributed by atoms with Crippen LogP contribution < -0.4 is 104 Å². The van der Waals surface area contributed by atoms with Gasteiger partial charge in [0.15, 0.2) is 28.6 Å². The Bertz CT molecular complexity index is 3370. The van der Waals surface area contributed by atoms with Crippen molar-refractivity contribution < 1.29 is 230 Å². The molecule has 0 aliphatic carbocycles. The van der Waals surface area contributed by atoms with Gasteiger partial charge in [0.25, 0.3) is 0 Å². The fourth-order valence-electron chi connectivity index (χ4n) is 10.6. The Kier molecular flexibility index (Phi) is 58.8. The van der Waals surface area contributed by atoms with Gasteiger partial charge in [0, 0.05) is 0 Å². The van der Waals surface area contributed by atoms with Gasteiger partial charge >= 0.3 is 114 Å². The van der Waals surface area contributed by atoms with E-state index < -0.39 is 29.0 Å². The molecule has 0 amide bonds. The third kappa shape index (κ3) is 61.9. The van der Waals surface area contributed by atoms with Gasteiger partial charge in [-0.2, -0.15) is 0 Å². The third-order valence-corrected chi connectivity index (χ3v) is 26.3. The van der Waals surface area contributed by atoms with Crippen LogP contribution in [-0.2, 0) is 82.5 Å². The maximum absolute atomic E-state index is 9.75. The molecule has 40 heteroatoms. The van der Waals surface area contributed by atoms with Crippen LogP contribution in [0.25, 0.3) is 0 Å². The predicted octanol–water partition coefficient (Wildman–Crippen LogP) is 5.96. The summed E-state index contributed by atoms with van der Waals surface area (Å²) in [6.07, 6.45) is 9.28. The highest BCUT2D eigenvalue weighted by Gasteiger charge is 2.26. The maximum atomic E-state index is 9.75. The maximum Gasteiger partial charge on any atom is 0.673 e. The van der Waals surface area contributed by atoms with Crippen LogP contribution in [0.15, 0.2) is 194 Å². The molecule has 6 heterocycles. The molecule has 2 saturated heterocycles. The minimum Gasteiger partial charge on any atom is -0.493 e. The molecule has 8 aromatic carbocycles. The summed E-state index contributed by atoms with van der Waals surface area (Å²) < 4.78 is 254. The lowest BCUT2D eigenvalue weighted by Gasteiger charge is -2.15. The number of hydrogen-bond donors (Lipinski definition) is 0. The summed E-state index contributed by atoms with van der Waals surface area (Å²) in [5, 5.41) is 0. The second-order valence-corrected chi connectivity index (χ2v) is 37.8. The summed E-state index contributed by atoms with van der Waals surface area (Å²) in [5.41, 5.74) is 5.57. The summed E-state index contributed by atoms with van der Waals surface area (Å²) >= 11 is -0.175. The normalized spacial score (nSPS) is 16.5. The van der Waals surface area contributed by atoms with E-state index in [1.807, 2.05) is 0 Å². The number of ether oxygens (including phenoxy) is 16. The summed E-state index contributed by atoms with van der Waals surface area (Å²) in [6, 6.07) is 69.9. The number of hydrogen-bond acceptors (Lipinski definition) is 16. The zero-order chi connectivity index (χ0) is 89.5. The van der Waals surface area contributed by atoms with Gasteiger partial charge in [0.05, 0.1) is 185 Å². The van der Waals surface area contributed by atoms with Crippen LogP contribution in [0.4, 0.5) is 69.1 Å². The van der Waals surface area contributed by atoms with Gasteiger partial charge in [-0.3, -0.25) is 0 Å². The van der Waals surface area contributed by atoms with E-state index in [1.165, 1.54) is 76.5 Å². The van der Waals surface area contributed by atoms with Gasteiger partial charge in [0.1, 0.15) is 23.0 Å². The molecule has 688 valence electrons. The minimum atomic E-state index is -6.00. The molecule has 6 aliphatic rings. The first kappa shape index (κ1) is 109. The van der Waals surface area contributed by atoms with Crippen molar-refractivity contribution in [3.63, 3.8) is 0 Å². The molecule has 0 radical (unpaired) electrons. The Morgan fingerprint density at radius 1 is 0.169 bits per heavy atom. The first-order chi connectivity index (χ1) is 59.7. The fraction of sp³-hybridized carbons (Fsp3) is 0.429. The van der Waals surface area contributed by atoms with E-state index in [-0.39, 0.29) is 84.8 Å². The van der Waals surface area contributed by atoms with Gasteiger partial charge in [-0.15, -0.1) is 0 Å². The topological polar surface area (TPSA) is 148 Å². The molecular weight excluding hydrogens is 2120 g/mol. The van der Waals surface area contributed by atoms with E-state index >= 15 is 0 Å². The Morgan fingerprint density at radius 2 is 0.306 bits per heavy atom. The lowest BCUT2D eigenvalue weighted by molar-refractivity contribution is -0.597. The molecule has 0 saturated carbocycles. The molecular formula is C84H104B4F16I4O16. The van der Waals surface area contributed by atoms with E-state index in [1.54, 1.807) is 0 Å². The Balaban J connectivity index is 0.000000253. The number of fused-ring (bicyclic) bond motifs is 4. The third-order valence-electron chi connectivity index (χ3n) is 15.8. The molecule has 2 fully saturated rings. The van der Waals surface area contributed by atoms with E-state index in [9.17, 15) is 69.1 Å². The average Bonchev–Trinajstić information content (AvgIpc) is 0.855. The van der Waals surface area contributed by atoms with Gasteiger partial charge in [0.2, 0.25) is 0 Å². The van der Waals surface area contributed by atoms with E-state index in [0.29, 0.717) is 159 Å². The second kappa shape index (κ2) is 66.8. The first-order valence-corrected chi connectivity index (χ1v) is 48.5. The molecule has 14 rings (SSSR count). The summed E-state index contributed by atoms with van der Waals surface area (Å²) in [4.78, 5) is 0. The van der Waals surface area contributed by atoms with Crippen molar-refractivity contribution in [1.29, 1.82) is 0 Å². The minimum absolute atomic E-state index is 0.0437. The van der Waals surface area contributed by atoms with E-state index in [2.05, 4.69) is 194 Å². The van der Waals surface area contributed by atoms with E-state index in [0.717, 1.165) is 75.1 Å². The SMILES string of the molecule is C1COCCOCCOCCOCCOCCO1.C1COCCOCCOCCOCCOCCO1.F[B-](F)(F)F.F[B-](F)(F)F.F[B-](F)(F)F.F[B-](F)(F)F.c1ccc([I+]c2ccc3c(c2)CCCO3)cc1.c1ccc([I+]c2ccc3c(c2)CCCO3)cc1.c1ccc([I+]c2ccc3c(c2)CCCO3)cc1.c1ccc([I+]c2ccc3c(c2)CCCO3)cc1. The van der Waals surface area contributed by atoms with Gasteiger partial charge < -0.3 is 145 Å². The van der Waals surface area contributed by atoms with Crippen molar-refractivity contribution in [1.82, 2.24) is 0 Å². The van der Waals surface area contributed by atoms with Crippen molar-refractivity contribution in [2.45, 2.75) is 51.4 Å². The highest BCUT2D eigenvalue weighted by atomic mass is 127. The largest absolute Gasteiger partial charge is 0.673 e. The lowest BCUT2D eigenvalue weighted by atomic mass is 10.1. The number of benzene rings is 8. The highest BCUT2D eigenvalue weighted by Crippen LogP contribution is 2.27. The number of aryl methyl sites for hydroxylation is 4. The molecule has 124 heavy (non-hydrogen) atoms. The molecule has 0 spiro atoms. The van der Waals surface area contributed by atoms with Crippen LogP contribution in [0, 0.1) is 28.6 Å². The molecule has 0 atom stereocenters. The summed E-state index contributed by atoms with van der Waals surface area (Å²) in [7, 11) is -24.0.